The highest BCUT2D eigenvalue weighted by atomic mass is 32.2. The zero-order chi connectivity index (χ0) is 19.7. The molecular weight excluding hydrogens is 379 g/mol. The topological polar surface area (TPSA) is 75.0 Å². The van der Waals surface area contributed by atoms with E-state index in [1.54, 1.807) is 23.9 Å². The second-order valence-corrected chi connectivity index (χ2v) is 6.47. The van der Waals surface area contributed by atoms with Crippen LogP contribution in [0, 0.1) is 11.3 Å². The summed E-state index contributed by atoms with van der Waals surface area (Å²) in [5.41, 5.74) is 1.80. The van der Waals surface area contributed by atoms with Crippen LogP contribution in [0.1, 0.15) is 21.5 Å². The van der Waals surface area contributed by atoms with Crippen molar-refractivity contribution in [3.63, 3.8) is 0 Å². The van der Waals surface area contributed by atoms with E-state index in [1.807, 2.05) is 12.1 Å². The predicted molar refractivity (Wildman–Crippen MR) is 95.4 cm³/mol. The van der Waals surface area contributed by atoms with Crippen molar-refractivity contribution in [1.82, 2.24) is 10.3 Å². The minimum atomic E-state index is -4.44. The number of carbonyl (C=O) groups excluding carboxylic acids is 1. The zero-order valence-corrected chi connectivity index (χ0v) is 14.9. The first kappa shape index (κ1) is 20.6. The fourth-order valence-electron chi connectivity index (χ4n) is 2.03. The quantitative estimate of drug-likeness (QED) is 0.692. The first-order valence-corrected chi connectivity index (χ1v) is 9.04. The van der Waals surface area contributed by atoms with Gasteiger partial charge in [-0.05, 0) is 17.7 Å². The molecule has 2 aromatic rings. The third kappa shape index (κ3) is 7.19. The van der Waals surface area contributed by atoms with Gasteiger partial charge in [-0.3, -0.25) is 4.79 Å². The summed E-state index contributed by atoms with van der Waals surface area (Å²) in [5.74, 6) is 0.733. The number of nitrogens with zero attached hydrogens (tertiary/aromatic N) is 2. The van der Waals surface area contributed by atoms with Crippen LogP contribution in [0.2, 0.25) is 0 Å². The molecule has 0 bridgehead atoms. The van der Waals surface area contributed by atoms with Gasteiger partial charge in [-0.15, -0.1) is 0 Å². The summed E-state index contributed by atoms with van der Waals surface area (Å²) >= 11 is 1.58. The van der Waals surface area contributed by atoms with Crippen molar-refractivity contribution in [1.29, 1.82) is 5.26 Å². The number of ether oxygens (including phenoxy) is 1. The monoisotopic (exact) mass is 395 g/mol. The van der Waals surface area contributed by atoms with Crippen LogP contribution in [0.4, 0.5) is 13.2 Å². The molecule has 1 heterocycles. The summed E-state index contributed by atoms with van der Waals surface area (Å²) in [5, 5.41) is 11.7. The number of halogens is 3. The molecule has 27 heavy (non-hydrogen) atoms. The number of nitriles is 1. The number of carbonyl (C=O) groups is 1. The summed E-state index contributed by atoms with van der Waals surface area (Å²) in [6, 6.07) is 12.0. The third-order valence-electron chi connectivity index (χ3n) is 3.31. The Labute approximate surface area is 158 Å². The number of hydrogen-bond acceptors (Lipinski definition) is 5. The molecule has 0 unspecified atom stereocenters. The Morgan fingerprint density at radius 1 is 1.26 bits per heavy atom. The minimum absolute atomic E-state index is 0.199. The molecule has 0 aliphatic carbocycles. The number of pyridine rings is 1. The average Bonchev–Trinajstić information content (AvgIpc) is 2.66. The standard InChI is InChI=1S/C18H16F3N3O2S/c19-18(20,21)12-26-16-6-5-14(10-24-16)17(25)23-7-8-27-11-15-4-2-1-3-13(15)9-22/h1-6,10H,7-8,11-12H2,(H,23,25). The molecule has 0 aliphatic rings. The number of amides is 1. The summed E-state index contributed by atoms with van der Waals surface area (Å²) < 4.78 is 40.7. The van der Waals surface area contributed by atoms with Gasteiger partial charge in [0.05, 0.1) is 17.2 Å². The molecule has 0 fully saturated rings. The molecule has 1 N–H and O–H groups in total. The number of alkyl halides is 3. The number of rotatable bonds is 8. The molecule has 5 nitrogen and oxygen atoms in total. The Hall–Kier alpha value is -2.73. The maximum Gasteiger partial charge on any atom is 0.422 e. The fraction of sp³-hybridized carbons (Fsp3) is 0.278. The number of aromatic nitrogens is 1. The summed E-state index contributed by atoms with van der Waals surface area (Å²) in [6.07, 6.45) is -3.28. The Bertz CT molecular complexity index is 805. The van der Waals surface area contributed by atoms with Crippen LogP contribution in [-0.2, 0) is 5.75 Å². The van der Waals surface area contributed by atoms with Gasteiger partial charge in [-0.25, -0.2) is 4.98 Å². The Balaban J connectivity index is 1.72. The van der Waals surface area contributed by atoms with E-state index in [0.29, 0.717) is 23.6 Å². The van der Waals surface area contributed by atoms with E-state index in [2.05, 4.69) is 21.1 Å². The van der Waals surface area contributed by atoms with Gasteiger partial charge in [0, 0.05) is 30.3 Å². The molecule has 0 saturated carbocycles. The lowest BCUT2D eigenvalue weighted by Gasteiger charge is -2.09. The van der Waals surface area contributed by atoms with Crippen molar-refractivity contribution in [3.05, 3.63) is 59.3 Å². The molecule has 0 atom stereocenters. The van der Waals surface area contributed by atoms with E-state index in [4.69, 9.17) is 5.26 Å². The van der Waals surface area contributed by atoms with Crippen molar-refractivity contribution < 1.29 is 22.7 Å². The molecule has 9 heteroatoms. The highest BCUT2D eigenvalue weighted by Crippen LogP contribution is 2.17. The van der Waals surface area contributed by atoms with Gasteiger partial charge in [0.2, 0.25) is 5.88 Å². The van der Waals surface area contributed by atoms with Crippen molar-refractivity contribution in [2.45, 2.75) is 11.9 Å². The number of hydrogen-bond donors (Lipinski definition) is 1. The van der Waals surface area contributed by atoms with Crippen molar-refractivity contribution >= 4 is 17.7 Å². The van der Waals surface area contributed by atoms with Crippen molar-refractivity contribution in [2.75, 3.05) is 18.9 Å². The second kappa shape index (κ2) is 9.83. The van der Waals surface area contributed by atoms with Crippen molar-refractivity contribution in [2.24, 2.45) is 0 Å². The van der Waals surface area contributed by atoms with Crippen LogP contribution in [0.25, 0.3) is 0 Å². The Morgan fingerprint density at radius 2 is 2.04 bits per heavy atom. The highest BCUT2D eigenvalue weighted by molar-refractivity contribution is 7.98. The molecule has 1 amide bonds. The molecule has 0 radical (unpaired) electrons. The number of benzene rings is 1. The molecule has 0 spiro atoms. The van der Waals surface area contributed by atoms with Crippen LogP contribution in [0.15, 0.2) is 42.6 Å². The fourth-order valence-corrected chi connectivity index (χ4v) is 2.89. The third-order valence-corrected chi connectivity index (χ3v) is 4.32. The summed E-state index contributed by atoms with van der Waals surface area (Å²) in [4.78, 5) is 15.7. The van der Waals surface area contributed by atoms with Gasteiger partial charge in [0.15, 0.2) is 6.61 Å². The lowest BCUT2D eigenvalue weighted by Crippen LogP contribution is -2.26. The van der Waals surface area contributed by atoms with E-state index >= 15 is 0 Å². The molecular formula is C18H16F3N3O2S. The van der Waals surface area contributed by atoms with Gasteiger partial charge in [0.25, 0.3) is 5.91 Å². The highest BCUT2D eigenvalue weighted by Gasteiger charge is 2.28. The van der Waals surface area contributed by atoms with Crippen molar-refractivity contribution in [3.8, 4) is 11.9 Å². The largest absolute Gasteiger partial charge is 0.468 e. The normalized spacial score (nSPS) is 10.9. The molecule has 2 rings (SSSR count). The van der Waals surface area contributed by atoms with Crippen LogP contribution in [0.5, 0.6) is 5.88 Å². The summed E-state index contributed by atoms with van der Waals surface area (Å²) in [7, 11) is 0. The molecule has 1 aromatic heterocycles. The molecule has 1 aromatic carbocycles. The minimum Gasteiger partial charge on any atom is -0.468 e. The van der Waals surface area contributed by atoms with Gasteiger partial charge in [-0.1, -0.05) is 18.2 Å². The maximum absolute atomic E-state index is 12.1. The lowest BCUT2D eigenvalue weighted by molar-refractivity contribution is -0.154. The zero-order valence-electron chi connectivity index (χ0n) is 14.1. The number of thioether (sulfide) groups is 1. The van der Waals surface area contributed by atoms with E-state index in [9.17, 15) is 18.0 Å². The van der Waals surface area contributed by atoms with Crippen LogP contribution >= 0.6 is 11.8 Å². The average molecular weight is 395 g/mol. The van der Waals surface area contributed by atoms with Gasteiger partial charge < -0.3 is 10.1 Å². The van der Waals surface area contributed by atoms with E-state index < -0.39 is 12.8 Å². The van der Waals surface area contributed by atoms with Gasteiger partial charge in [-0.2, -0.15) is 30.2 Å². The first-order valence-electron chi connectivity index (χ1n) is 7.88. The van der Waals surface area contributed by atoms with Crippen LogP contribution in [0.3, 0.4) is 0 Å². The molecule has 0 saturated heterocycles. The predicted octanol–water partition coefficient (Wildman–Crippen LogP) is 3.56. The van der Waals surface area contributed by atoms with Gasteiger partial charge in [0.1, 0.15) is 0 Å². The first-order chi connectivity index (χ1) is 12.9. The second-order valence-electron chi connectivity index (χ2n) is 5.37. The summed E-state index contributed by atoms with van der Waals surface area (Å²) in [6.45, 7) is -1.03. The molecule has 142 valence electrons. The lowest BCUT2D eigenvalue weighted by atomic mass is 10.1. The van der Waals surface area contributed by atoms with E-state index in [1.165, 1.54) is 12.1 Å². The van der Waals surface area contributed by atoms with Crippen LogP contribution < -0.4 is 10.1 Å². The van der Waals surface area contributed by atoms with Gasteiger partial charge >= 0.3 is 6.18 Å². The number of nitrogens with one attached hydrogen (secondary N) is 1. The Morgan fingerprint density at radius 3 is 2.70 bits per heavy atom. The van der Waals surface area contributed by atoms with E-state index in [-0.39, 0.29) is 17.4 Å². The SMILES string of the molecule is N#Cc1ccccc1CSCCNC(=O)c1ccc(OCC(F)(F)F)nc1. The molecule has 0 aliphatic heterocycles. The maximum atomic E-state index is 12.1. The Kier molecular flexibility index (Phi) is 7.49. The smallest absolute Gasteiger partial charge is 0.422 e. The van der Waals surface area contributed by atoms with Crippen LogP contribution in [-0.4, -0.2) is 36.0 Å². The van der Waals surface area contributed by atoms with E-state index in [0.717, 1.165) is 11.8 Å².